The number of carbonyl (C=O) groups excluding carboxylic acids is 1. The van der Waals surface area contributed by atoms with Gasteiger partial charge in [0.1, 0.15) is 0 Å². The number of nitrogens with zero attached hydrogens (tertiary/aromatic N) is 2. The van der Waals surface area contributed by atoms with Crippen LogP contribution in [0.1, 0.15) is 30.7 Å². The van der Waals surface area contributed by atoms with Gasteiger partial charge in [0.2, 0.25) is 5.91 Å². The van der Waals surface area contributed by atoms with Gasteiger partial charge in [-0.15, -0.1) is 36.2 Å². The van der Waals surface area contributed by atoms with Crippen LogP contribution in [0, 0.1) is 0 Å². The fourth-order valence-corrected chi connectivity index (χ4v) is 2.88. The van der Waals surface area contributed by atoms with Crippen LogP contribution in [0.2, 0.25) is 0 Å². The van der Waals surface area contributed by atoms with E-state index in [9.17, 15) is 4.79 Å². The fourth-order valence-electron chi connectivity index (χ4n) is 2.07. The first-order valence-electron chi connectivity index (χ1n) is 5.62. The minimum absolute atomic E-state index is 0. The molecule has 1 saturated heterocycles. The first kappa shape index (κ1) is 17.6. The van der Waals surface area contributed by atoms with Crippen molar-refractivity contribution in [2.45, 2.75) is 31.7 Å². The number of halogens is 2. The molecule has 1 aromatic rings. The summed E-state index contributed by atoms with van der Waals surface area (Å²) in [6.07, 6.45) is 3.86. The molecule has 2 heterocycles. The first-order valence-corrected chi connectivity index (χ1v) is 6.50. The number of thiazole rings is 1. The SMILES string of the molecule is CC(N)C(=O)N1CCC(c2nccs2)CC1.Cl.Cl. The molecule has 0 bridgehead atoms. The Hall–Kier alpha value is -0.360. The molecule has 0 aliphatic carbocycles. The highest BCUT2D eigenvalue weighted by Crippen LogP contribution is 2.29. The smallest absolute Gasteiger partial charge is 0.239 e. The Balaban J connectivity index is 0.00000144. The number of hydrogen-bond donors (Lipinski definition) is 1. The van der Waals surface area contributed by atoms with Gasteiger partial charge in [-0.1, -0.05) is 0 Å². The summed E-state index contributed by atoms with van der Waals surface area (Å²) in [7, 11) is 0. The van der Waals surface area contributed by atoms with Gasteiger partial charge in [-0.05, 0) is 19.8 Å². The third-order valence-corrected chi connectivity index (χ3v) is 3.93. The normalized spacial score (nSPS) is 17.6. The second-order valence-corrected chi connectivity index (χ2v) is 5.18. The predicted molar refractivity (Wildman–Crippen MR) is 78.8 cm³/mol. The van der Waals surface area contributed by atoms with Gasteiger partial charge in [-0.3, -0.25) is 4.79 Å². The highest BCUT2D eigenvalue weighted by atomic mass is 35.5. The largest absolute Gasteiger partial charge is 0.341 e. The lowest BCUT2D eigenvalue weighted by atomic mass is 9.97. The van der Waals surface area contributed by atoms with E-state index in [4.69, 9.17) is 5.73 Å². The molecule has 104 valence electrons. The lowest BCUT2D eigenvalue weighted by Gasteiger charge is -2.32. The van der Waals surface area contributed by atoms with E-state index in [0.29, 0.717) is 5.92 Å². The molecule has 1 atom stereocenters. The van der Waals surface area contributed by atoms with E-state index in [-0.39, 0.29) is 36.8 Å². The van der Waals surface area contributed by atoms with E-state index < -0.39 is 0 Å². The number of rotatable bonds is 2. The highest BCUT2D eigenvalue weighted by Gasteiger charge is 2.26. The number of piperidine rings is 1. The summed E-state index contributed by atoms with van der Waals surface area (Å²) in [5.41, 5.74) is 5.59. The van der Waals surface area contributed by atoms with Crippen molar-refractivity contribution in [3.05, 3.63) is 16.6 Å². The average molecular weight is 312 g/mol. The monoisotopic (exact) mass is 311 g/mol. The molecule has 1 fully saturated rings. The summed E-state index contributed by atoms with van der Waals surface area (Å²) in [4.78, 5) is 17.9. The third-order valence-electron chi connectivity index (χ3n) is 3.00. The van der Waals surface area contributed by atoms with Crippen LogP contribution < -0.4 is 5.73 Å². The second-order valence-electron chi connectivity index (χ2n) is 4.26. The Morgan fingerprint density at radius 3 is 2.56 bits per heavy atom. The summed E-state index contributed by atoms with van der Waals surface area (Å²) < 4.78 is 0. The molecule has 4 nitrogen and oxygen atoms in total. The number of likely N-dealkylation sites (tertiary alicyclic amines) is 1. The van der Waals surface area contributed by atoms with Crippen molar-refractivity contribution in [1.82, 2.24) is 9.88 Å². The molecule has 1 amide bonds. The zero-order valence-corrected chi connectivity index (χ0v) is 12.7. The van der Waals surface area contributed by atoms with Crippen molar-refractivity contribution in [2.75, 3.05) is 13.1 Å². The van der Waals surface area contributed by atoms with Crippen LogP contribution in [-0.4, -0.2) is 34.9 Å². The van der Waals surface area contributed by atoms with E-state index in [2.05, 4.69) is 4.98 Å². The zero-order chi connectivity index (χ0) is 11.5. The minimum Gasteiger partial charge on any atom is -0.341 e. The van der Waals surface area contributed by atoms with Gasteiger partial charge >= 0.3 is 0 Å². The molecule has 2 N–H and O–H groups in total. The van der Waals surface area contributed by atoms with Crippen LogP contribution in [-0.2, 0) is 4.79 Å². The molecule has 7 heteroatoms. The number of amides is 1. The van der Waals surface area contributed by atoms with E-state index >= 15 is 0 Å². The Labute approximate surface area is 124 Å². The van der Waals surface area contributed by atoms with E-state index in [0.717, 1.165) is 25.9 Å². The molecular weight excluding hydrogens is 293 g/mol. The number of hydrogen-bond acceptors (Lipinski definition) is 4. The Kier molecular flexibility index (Phi) is 7.78. The standard InChI is InChI=1S/C11H17N3OS.2ClH/c1-8(12)11(15)14-5-2-9(3-6-14)10-13-4-7-16-10;;/h4,7-9H,2-3,5-6,12H2,1H3;2*1H. The van der Waals surface area contributed by atoms with Crippen molar-refractivity contribution < 1.29 is 4.79 Å². The molecule has 0 aromatic carbocycles. The molecule has 2 rings (SSSR count). The summed E-state index contributed by atoms with van der Waals surface area (Å²) >= 11 is 1.71. The molecule has 1 unspecified atom stereocenters. The maximum absolute atomic E-state index is 11.7. The Morgan fingerprint density at radius 1 is 1.50 bits per heavy atom. The molecule has 18 heavy (non-hydrogen) atoms. The molecule has 0 spiro atoms. The van der Waals surface area contributed by atoms with Crippen LogP contribution in [0.25, 0.3) is 0 Å². The molecule has 1 aromatic heterocycles. The van der Waals surface area contributed by atoms with Gasteiger partial charge in [0.15, 0.2) is 0 Å². The summed E-state index contributed by atoms with van der Waals surface area (Å²) in [6.45, 7) is 3.37. The highest BCUT2D eigenvalue weighted by molar-refractivity contribution is 7.09. The number of nitrogens with two attached hydrogens (primary N) is 1. The Morgan fingerprint density at radius 2 is 2.11 bits per heavy atom. The van der Waals surface area contributed by atoms with Crippen molar-refractivity contribution in [2.24, 2.45) is 5.73 Å². The quantitative estimate of drug-likeness (QED) is 0.909. The lowest BCUT2D eigenvalue weighted by Crippen LogP contribution is -2.45. The average Bonchev–Trinajstić information content (AvgIpc) is 2.81. The van der Waals surface area contributed by atoms with Gasteiger partial charge in [-0.25, -0.2) is 4.98 Å². The number of aromatic nitrogens is 1. The Bertz CT molecular complexity index is 351. The summed E-state index contributed by atoms with van der Waals surface area (Å²) in [6, 6.07) is -0.378. The predicted octanol–water partition coefficient (Wildman–Crippen LogP) is 2.04. The van der Waals surface area contributed by atoms with Crippen molar-refractivity contribution in [3.63, 3.8) is 0 Å². The van der Waals surface area contributed by atoms with Crippen molar-refractivity contribution in [3.8, 4) is 0 Å². The first-order chi connectivity index (χ1) is 7.68. The van der Waals surface area contributed by atoms with E-state index in [1.165, 1.54) is 5.01 Å². The van der Waals surface area contributed by atoms with E-state index in [1.54, 1.807) is 18.3 Å². The van der Waals surface area contributed by atoms with Gasteiger partial charge in [0.25, 0.3) is 0 Å². The second kappa shape index (κ2) is 7.94. The summed E-state index contributed by atoms with van der Waals surface area (Å²) in [5, 5.41) is 3.21. The molecule has 0 saturated carbocycles. The van der Waals surface area contributed by atoms with Crippen LogP contribution in [0.15, 0.2) is 11.6 Å². The fraction of sp³-hybridized carbons (Fsp3) is 0.636. The van der Waals surface area contributed by atoms with Gasteiger partial charge < -0.3 is 10.6 Å². The lowest BCUT2D eigenvalue weighted by molar-refractivity contribution is -0.133. The van der Waals surface area contributed by atoms with Crippen LogP contribution in [0.4, 0.5) is 0 Å². The number of carbonyl (C=O) groups is 1. The van der Waals surface area contributed by atoms with Crippen LogP contribution in [0.5, 0.6) is 0 Å². The third kappa shape index (κ3) is 4.09. The molecule has 0 radical (unpaired) electrons. The van der Waals surface area contributed by atoms with Gasteiger partial charge in [0, 0.05) is 30.6 Å². The van der Waals surface area contributed by atoms with Crippen molar-refractivity contribution >= 4 is 42.1 Å². The molecular formula is C11H19Cl2N3OS. The summed E-state index contributed by atoms with van der Waals surface area (Å²) in [5.74, 6) is 0.592. The van der Waals surface area contributed by atoms with Gasteiger partial charge in [0.05, 0.1) is 11.0 Å². The maximum atomic E-state index is 11.7. The van der Waals surface area contributed by atoms with E-state index in [1.807, 2.05) is 16.5 Å². The van der Waals surface area contributed by atoms with Crippen LogP contribution >= 0.6 is 36.2 Å². The maximum Gasteiger partial charge on any atom is 0.239 e. The minimum atomic E-state index is -0.378. The molecule has 1 aliphatic heterocycles. The van der Waals surface area contributed by atoms with Crippen LogP contribution in [0.3, 0.4) is 0 Å². The zero-order valence-electron chi connectivity index (χ0n) is 10.2. The van der Waals surface area contributed by atoms with Gasteiger partial charge in [-0.2, -0.15) is 0 Å². The van der Waals surface area contributed by atoms with Crippen molar-refractivity contribution in [1.29, 1.82) is 0 Å². The topological polar surface area (TPSA) is 59.2 Å². The molecule has 1 aliphatic rings.